The van der Waals surface area contributed by atoms with Crippen LogP contribution in [0.15, 0.2) is 36.5 Å². The van der Waals surface area contributed by atoms with Crippen LogP contribution in [0, 0.1) is 0 Å². The SMILES string of the molecule is CCCC1CNCCN1Cc1cnc2ccccc2c1.Cl. The number of benzene rings is 1. The van der Waals surface area contributed by atoms with Gasteiger partial charge in [0.1, 0.15) is 0 Å². The summed E-state index contributed by atoms with van der Waals surface area (Å²) in [6.07, 6.45) is 4.56. The standard InChI is InChI=1S/C17H23N3.ClH/c1-2-5-16-12-18-8-9-20(16)13-14-10-15-6-3-4-7-17(15)19-11-14;/h3-4,6-7,10-11,16,18H,2,5,8-9,12-13H2,1H3;1H. The zero-order valence-corrected chi connectivity index (χ0v) is 13.4. The van der Waals surface area contributed by atoms with E-state index < -0.39 is 0 Å². The predicted molar refractivity (Wildman–Crippen MR) is 91.0 cm³/mol. The number of nitrogens with one attached hydrogen (secondary N) is 1. The van der Waals surface area contributed by atoms with Gasteiger partial charge in [-0.2, -0.15) is 0 Å². The van der Waals surface area contributed by atoms with E-state index in [1.54, 1.807) is 0 Å². The third-order valence-electron chi connectivity index (χ3n) is 4.13. The Morgan fingerprint density at radius 3 is 3.05 bits per heavy atom. The fraction of sp³-hybridized carbons (Fsp3) is 0.471. The minimum absolute atomic E-state index is 0. The lowest BCUT2D eigenvalue weighted by molar-refractivity contribution is 0.144. The highest BCUT2D eigenvalue weighted by Crippen LogP contribution is 2.17. The highest BCUT2D eigenvalue weighted by atomic mass is 35.5. The molecule has 1 aliphatic rings. The van der Waals surface area contributed by atoms with Crippen molar-refractivity contribution in [1.82, 2.24) is 15.2 Å². The molecule has 0 radical (unpaired) electrons. The topological polar surface area (TPSA) is 28.2 Å². The normalized spacial score (nSPS) is 19.4. The van der Waals surface area contributed by atoms with Gasteiger partial charge >= 0.3 is 0 Å². The first kappa shape index (κ1) is 16.2. The van der Waals surface area contributed by atoms with Crippen LogP contribution in [0.3, 0.4) is 0 Å². The quantitative estimate of drug-likeness (QED) is 0.940. The molecule has 1 unspecified atom stereocenters. The largest absolute Gasteiger partial charge is 0.314 e. The minimum Gasteiger partial charge on any atom is -0.314 e. The van der Waals surface area contributed by atoms with Crippen LogP contribution in [0.1, 0.15) is 25.3 Å². The fourth-order valence-corrected chi connectivity index (χ4v) is 3.07. The van der Waals surface area contributed by atoms with E-state index in [9.17, 15) is 0 Å². The third kappa shape index (κ3) is 3.94. The number of piperazine rings is 1. The molecule has 0 saturated carbocycles. The third-order valence-corrected chi connectivity index (χ3v) is 4.13. The second-order valence-electron chi connectivity index (χ2n) is 5.65. The molecule has 3 rings (SSSR count). The van der Waals surface area contributed by atoms with Crippen molar-refractivity contribution in [2.24, 2.45) is 0 Å². The Balaban J connectivity index is 0.00000161. The van der Waals surface area contributed by atoms with E-state index in [1.807, 2.05) is 12.3 Å². The van der Waals surface area contributed by atoms with E-state index in [4.69, 9.17) is 0 Å². The molecule has 21 heavy (non-hydrogen) atoms. The van der Waals surface area contributed by atoms with Crippen molar-refractivity contribution in [2.75, 3.05) is 19.6 Å². The Hall–Kier alpha value is -1.16. The summed E-state index contributed by atoms with van der Waals surface area (Å²) in [7, 11) is 0. The van der Waals surface area contributed by atoms with Crippen LogP contribution < -0.4 is 5.32 Å². The number of rotatable bonds is 4. The van der Waals surface area contributed by atoms with Gasteiger partial charge in [0.15, 0.2) is 0 Å². The van der Waals surface area contributed by atoms with Gasteiger partial charge in [-0.25, -0.2) is 0 Å². The summed E-state index contributed by atoms with van der Waals surface area (Å²) in [5.74, 6) is 0. The van der Waals surface area contributed by atoms with Crippen LogP contribution in [-0.2, 0) is 6.54 Å². The van der Waals surface area contributed by atoms with Gasteiger partial charge in [-0.05, 0) is 24.1 Å². The summed E-state index contributed by atoms with van der Waals surface area (Å²) >= 11 is 0. The molecular weight excluding hydrogens is 282 g/mol. The molecule has 4 heteroatoms. The molecule has 0 spiro atoms. The highest BCUT2D eigenvalue weighted by Gasteiger charge is 2.21. The average molecular weight is 306 g/mol. The Labute approximate surface area is 133 Å². The maximum atomic E-state index is 4.58. The summed E-state index contributed by atoms with van der Waals surface area (Å²) in [5.41, 5.74) is 2.41. The van der Waals surface area contributed by atoms with Crippen LogP contribution in [0.4, 0.5) is 0 Å². The molecule has 0 amide bonds. The molecule has 1 aromatic carbocycles. The van der Waals surface area contributed by atoms with Gasteiger partial charge < -0.3 is 5.32 Å². The van der Waals surface area contributed by atoms with E-state index in [0.717, 1.165) is 31.7 Å². The Bertz CT molecular complexity index is 571. The second kappa shape index (κ2) is 7.74. The number of pyridine rings is 1. The Kier molecular flexibility index (Phi) is 5.97. The first-order chi connectivity index (χ1) is 9.86. The van der Waals surface area contributed by atoms with E-state index in [1.165, 1.54) is 23.8 Å². The Morgan fingerprint density at radius 1 is 1.33 bits per heavy atom. The van der Waals surface area contributed by atoms with Gasteiger partial charge in [0.25, 0.3) is 0 Å². The molecule has 2 aromatic rings. The predicted octanol–water partition coefficient (Wildman–Crippen LogP) is 3.23. The number of halogens is 1. The highest BCUT2D eigenvalue weighted by molar-refractivity contribution is 5.85. The van der Waals surface area contributed by atoms with Crippen LogP contribution in [-0.4, -0.2) is 35.6 Å². The van der Waals surface area contributed by atoms with Crippen molar-refractivity contribution < 1.29 is 0 Å². The van der Waals surface area contributed by atoms with E-state index in [-0.39, 0.29) is 12.4 Å². The zero-order chi connectivity index (χ0) is 13.8. The maximum absolute atomic E-state index is 4.58. The number of hydrogen-bond donors (Lipinski definition) is 1. The first-order valence-corrected chi connectivity index (χ1v) is 7.65. The van der Waals surface area contributed by atoms with Gasteiger partial charge in [-0.3, -0.25) is 9.88 Å². The molecular formula is C17H24ClN3. The van der Waals surface area contributed by atoms with Gasteiger partial charge in [-0.15, -0.1) is 12.4 Å². The van der Waals surface area contributed by atoms with Crippen LogP contribution in [0.5, 0.6) is 0 Å². The summed E-state index contributed by atoms with van der Waals surface area (Å²) in [6.45, 7) is 6.64. The maximum Gasteiger partial charge on any atom is 0.0702 e. The first-order valence-electron chi connectivity index (χ1n) is 7.65. The zero-order valence-electron chi connectivity index (χ0n) is 12.6. The molecule has 0 bridgehead atoms. The summed E-state index contributed by atoms with van der Waals surface area (Å²) in [4.78, 5) is 7.18. The average Bonchev–Trinajstić information content (AvgIpc) is 2.49. The van der Waals surface area contributed by atoms with E-state index >= 15 is 0 Å². The van der Waals surface area contributed by atoms with Crippen molar-refractivity contribution >= 4 is 23.3 Å². The number of aromatic nitrogens is 1. The number of para-hydroxylation sites is 1. The fourth-order valence-electron chi connectivity index (χ4n) is 3.07. The Morgan fingerprint density at radius 2 is 2.19 bits per heavy atom. The van der Waals surface area contributed by atoms with Gasteiger partial charge in [0.2, 0.25) is 0 Å². The number of nitrogens with zero attached hydrogens (tertiary/aromatic N) is 2. The van der Waals surface area contributed by atoms with Crippen molar-refractivity contribution in [3.05, 3.63) is 42.1 Å². The van der Waals surface area contributed by atoms with Crippen LogP contribution in [0.25, 0.3) is 10.9 Å². The molecule has 1 N–H and O–H groups in total. The van der Waals surface area contributed by atoms with Gasteiger partial charge in [-0.1, -0.05) is 31.5 Å². The lowest BCUT2D eigenvalue weighted by atomic mass is 10.1. The van der Waals surface area contributed by atoms with Crippen LogP contribution >= 0.6 is 12.4 Å². The van der Waals surface area contributed by atoms with Crippen LogP contribution in [0.2, 0.25) is 0 Å². The van der Waals surface area contributed by atoms with Gasteiger partial charge in [0.05, 0.1) is 5.52 Å². The monoisotopic (exact) mass is 305 g/mol. The molecule has 1 fully saturated rings. The molecule has 1 aliphatic heterocycles. The lowest BCUT2D eigenvalue weighted by Crippen LogP contribution is -2.50. The van der Waals surface area contributed by atoms with Gasteiger partial charge in [0, 0.05) is 43.8 Å². The smallest absolute Gasteiger partial charge is 0.0702 e. The summed E-state index contributed by atoms with van der Waals surface area (Å²) in [6, 6.07) is 11.3. The molecule has 2 heterocycles. The van der Waals surface area contributed by atoms with E-state index in [2.05, 4.69) is 46.4 Å². The van der Waals surface area contributed by atoms with Crippen molar-refractivity contribution in [3.63, 3.8) is 0 Å². The lowest BCUT2D eigenvalue weighted by Gasteiger charge is -2.36. The molecule has 1 aromatic heterocycles. The van der Waals surface area contributed by atoms with E-state index in [0.29, 0.717) is 6.04 Å². The summed E-state index contributed by atoms with van der Waals surface area (Å²) < 4.78 is 0. The number of hydrogen-bond acceptors (Lipinski definition) is 3. The molecule has 114 valence electrons. The molecule has 1 atom stereocenters. The molecule has 3 nitrogen and oxygen atoms in total. The second-order valence-corrected chi connectivity index (χ2v) is 5.65. The number of fused-ring (bicyclic) bond motifs is 1. The van der Waals surface area contributed by atoms with Crippen molar-refractivity contribution in [2.45, 2.75) is 32.4 Å². The van der Waals surface area contributed by atoms with Crippen molar-refractivity contribution in [3.8, 4) is 0 Å². The molecule has 1 saturated heterocycles. The molecule has 0 aliphatic carbocycles. The summed E-state index contributed by atoms with van der Waals surface area (Å²) in [5, 5.41) is 4.75. The minimum atomic E-state index is 0. The van der Waals surface area contributed by atoms with Crippen molar-refractivity contribution in [1.29, 1.82) is 0 Å².